The van der Waals surface area contributed by atoms with Crippen LogP contribution in [-0.4, -0.2) is 52.2 Å². The van der Waals surface area contributed by atoms with E-state index in [1.165, 1.54) is 22.1 Å². The SMILES string of the molecule is Cn1c(SCC(=O)Nc2cccc(S(=O)(=O)N3CCCCC3)c2)nnc1-c1ccccc1. The molecule has 1 aliphatic rings. The molecule has 0 aliphatic carbocycles. The van der Waals surface area contributed by atoms with E-state index in [1.54, 1.807) is 18.2 Å². The smallest absolute Gasteiger partial charge is 0.243 e. The predicted molar refractivity (Wildman–Crippen MR) is 125 cm³/mol. The number of thioether (sulfide) groups is 1. The monoisotopic (exact) mass is 471 g/mol. The Morgan fingerprint density at radius 2 is 1.78 bits per heavy atom. The molecular weight excluding hydrogens is 446 g/mol. The lowest BCUT2D eigenvalue weighted by Crippen LogP contribution is -2.35. The average molecular weight is 472 g/mol. The number of sulfonamides is 1. The van der Waals surface area contributed by atoms with Gasteiger partial charge >= 0.3 is 0 Å². The van der Waals surface area contributed by atoms with Crippen LogP contribution in [0.5, 0.6) is 0 Å². The van der Waals surface area contributed by atoms with Crippen LogP contribution in [0.15, 0.2) is 64.6 Å². The minimum absolute atomic E-state index is 0.129. The summed E-state index contributed by atoms with van der Waals surface area (Å²) in [5.74, 6) is 0.611. The van der Waals surface area contributed by atoms with Crippen LogP contribution in [0.1, 0.15) is 19.3 Å². The fourth-order valence-electron chi connectivity index (χ4n) is 3.59. The van der Waals surface area contributed by atoms with Gasteiger partial charge in [0, 0.05) is 31.4 Å². The number of piperidine rings is 1. The van der Waals surface area contributed by atoms with Gasteiger partial charge in [0.25, 0.3) is 0 Å². The normalized spacial score (nSPS) is 14.9. The fourth-order valence-corrected chi connectivity index (χ4v) is 5.87. The third-order valence-electron chi connectivity index (χ3n) is 5.27. The standard InChI is InChI=1S/C22H25N5O3S2/c1-26-21(17-9-4-2-5-10-17)24-25-22(26)31-16-20(28)23-18-11-8-12-19(15-18)32(29,30)27-13-6-3-7-14-27/h2,4-5,8-12,15H,3,6-7,13-14,16H2,1H3,(H,23,28). The van der Waals surface area contributed by atoms with Crippen molar-refractivity contribution < 1.29 is 13.2 Å². The third-order valence-corrected chi connectivity index (χ3v) is 8.18. The molecule has 168 valence electrons. The van der Waals surface area contributed by atoms with E-state index in [0.717, 1.165) is 30.7 Å². The molecule has 0 bridgehead atoms. The van der Waals surface area contributed by atoms with Gasteiger partial charge in [-0.05, 0) is 31.0 Å². The molecule has 8 nitrogen and oxygen atoms in total. The Morgan fingerprint density at radius 3 is 2.53 bits per heavy atom. The second-order valence-electron chi connectivity index (χ2n) is 7.56. The van der Waals surface area contributed by atoms with E-state index in [1.807, 2.05) is 41.9 Å². The molecule has 10 heteroatoms. The molecule has 1 aliphatic heterocycles. The van der Waals surface area contributed by atoms with Gasteiger partial charge in [-0.25, -0.2) is 8.42 Å². The number of anilines is 1. The van der Waals surface area contributed by atoms with Crippen molar-refractivity contribution >= 4 is 33.4 Å². The number of carbonyl (C=O) groups is 1. The Labute approximate surface area is 192 Å². The van der Waals surface area contributed by atoms with Gasteiger partial charge in [-0.1, -0.05) is 54.6 Å². The topological polar surface area (TPSA) is 97.2 Å². The molecule has 0 saturated carbocycles. The average Bonchev–Trinajstić information content (AvgIpc) is 3.19. The summed E-state index contributed by atoms with van der Waals surface area (Å²) in [4.78, 5) is 12.7. The maximum absolute atomic E-state index is 12.9. The minimum Gasteiger partial charge on any atom is -0.325 e. The zero-order valence-corrected chi connectivity index (χ0v) is 19.4. The first kappa shape index (κ1) is 22.5. The second kappa shape index (κ2) is 9.85. The van der Waals surface area contributed by atoms with Crippen molar-refractivity contribution in [1.82, 2.24) is 19.1 Å². The summed E-state index contributed by atoms with van der Waals surface area (Å²) in [6, 6.07) is 16.1. The summed E-state index contributed by atoms with van der Waals surface area (Å²) in [6.45, 7) is 1.08. The number of nitrogens with zero attached hydrogens (tertiary/aromatic N) is 4. The van der Waals surface area contributed by atoms with Crippen molar-refractivity contribution in [3.05, 3.63) is 54.6 Å². The van der Waals surface area contributed by atoms with Gasteiger partial charge in [-0.2, -0.15) is 4.31 Å². The van der Waals surface area contributed by atoms with Crippen molar-refractivity contribution in [2.45, 2.75) is 29.3 Å². The molecule has 0 atom stereocenters. The number of amides is 1. The van der Waals surface area contributed by atoms with Crippen LogP contribution in [-0.2, 0) is 21.9 Å². The molecular formula is C22H25N5O3S2. The molecule has 2 aromatic carbocycles. The number of nitrogens with one attached hydrogen (secondary N) is 1. The van der Waals surface area contributed by atoms with Crippen LogP contribution in [0.4, 0.5) is 5.69 Å². The largest absolute Gasteiger partial charge is 0.325 e. The molecule has 1 amide bonds. The summed E-state index contributed by atoms with van der Waals surface area (Å²) < 4.78 is 29.1. The Kier molecular flexibility index (Phi) is 6.92. The number of benzene rings is 2. The highest BCUT2D eigenvalue weighted by Crippen LogP contribution is 2.24. The minimum atomic E-state index is -3.55. The first-order valence-electron chi connectivity index (χ1n) is 10.4. The Hall–Kier alpha value is -2.69. The summed E-state index contributed by atoms with van der Waals surface area (Å²) >= 11 is 1.27. The van der Waals surface area contributed by atoms with Crippen molar-refractivity contribution in [2.75, 3.05) is 24.2 Å². The van der Waals surface area contributed by atoms with E-state index in [0.29, 0.717) is 23.9 Å². The van der Waals surface area contributed by atoms with Crippen LogP contribution < -0.4 is 5.32 Å². The lowest BCUT2D eigenvalue weighted by molar-refractivity contribution is -0.113. The molecule has 2 heterocycles. The van der Waals surface area contributed by atoms with Gasteiger partial charge in [0.1, 0.15) is 0 Å². The van der Waals surface area contributed by atoms with Crippen molar-refractivity contribution in [3.8, 4) is 11.4 Å². The maximum Gasteiger partial charge on any atom is 0.243 e. The van der Waals surface area contributed by atoms with Crippen LogP contribution in [0.3, 0.4) is 0 Å². The summed E-state index contributed by atoms with van der Waals surface area (Å²) in [5.41, 5.74) is 1.40. The molecule has 1 fully saturated rings. The maximum atomic E-state index is 12.9. The number of aromatic nitrogens is 3. The number of hydrogen-bond acceptors (Lipinski definition) is 6. The molecule has 32 heavy (non-hydrogen) atoms. The Morgan fingerprint density at radius 1 is 1.03 bits per heavy atom. The van der Waals surface area contributed by atoms with E-state index < -0.39 is 10.0 Å². The lowest BCUT2D eigenvalue weighted by atomic mass is 10.2. The Bertz CT molecular complexity index is 1190. The molecule has 1 saturated heterocycles. The molecule has 4 rings (SSSR count). The van der Waals surface area contributed by atoms with Gasteiger partial charge in [0.15, 0.2) is 11.0 Å². The number of carbonyl (C=O) groups excluding carboxylic acids is 1. The van der Waals surface area contributed by atoms with Gasteiger partial charge in [-0.3, -0.25) is 4.79 Å². The van der Waals surface area contributed by atoms with Crippen molar-refractivity contribution in [1.29, 1.82) is 0 Å². The molecule has 0 unspecified atom stereocenters. The van der Waals surface area contributed by atoms with Gasteiger partial charge in [-0.15, -0.1) is 10.2 Å². The van der Waals surface area contributed by atoms with Crippen LogP contribution >= 0.6 is 11.8 Å². The van der Waals surface area contributed by atoms with Crippen LogP contribution in [0.25, 0.3) is 11.4 Å². The van der Waals surface area contributed by atoms with E-state index in [-0.39, 0.29) is 16.6 Å². The zero-order valence-electron chi connectivity index (χ0n) is 17.8. The lowest BCUT2D eigenvalue weighted by Gasteiger charge is -2.26. The quantitative estimate of drug-likeness (QED) is 0.531. The van der Waals surface area contributed by atoms with Crippen LogP contribution in [0.2, 0.25) is 0 Å². The van der Waals surface area contributed by atoms with E-state index >= 15 is 0 Å². The molecule has 0 spiro atoms. The molecule has 1 aromatic heterocycles. The zero-order chi connectivity index (χ0) is 22.6. The highest BCUT2D eigenvalue weighted by Gasteiger charge is 2.26. The fraction of sp³-hybridized carbons (Fsp3) is 0.318. The predicted octanol–water partition coefficient (Wildman–Crippen LogP) is 3.39. The highest BCUT2D eigenvalue weighted by atomic mass is 32.2. The number of rotatable bonds is 7. The van der Waals surface area contributed by atoms with Crippen molar-refractivity contribution in [2.24, 2.45) is 7.05 Å². The first-order chi connectivity index (χ1) is 15.4. The van der Waals surface area contributed by atoms with Gasteiger partial charge in [0.2, 0.25) is 15.9 Å². The Balaban J connectivity index is 1.39. The molecule has 3 aromatic rings. The summed E-state index contributed by atoms with van der Waals surface area (Å²) in [6.07, 6.45) is 2.81. The molecule has 0 radical (unpaired) electrons. The highest BCUT2D eigenvalue weighted by molar-refractivity contribution is 7.99. The third kappa shape index (κ3) is 5.03. The summed E-state index contributed by atoms with van der Waals surface area (Å²) in [5, 5.41) is 11.8. The first-order valence-corrected chi connectivity index (χ1v) is 12.9. The van der Waals surface area contributed by atoms with Gasteiger partial charge in [0.05, 0.1) is 10.6 Å². The van der Waals surface area contributed by atoms with E-state index in [9.17, 15) is 13.2 Å². The van der Waals surface area contributed by atoms with E-state index in [2.05, 4.69) is 15.5 Å². The number of hydrogen-bond donors (Lipinski definition) is 1. The second-order valence-corrected chi connectivity index (χ2v) is 10.4. The van der Waals surface area contributed by atoms with Gasteiger partial charge < -0.3 is 9.88 Å². The van der Waals surface area contributed by atoms with E-state index in [4.69, 9.17) is 0 Å². The summed E-state index contributed by atoms with van der Waals surface area (Å²) in [7, 11) is -1.69. The van der Waals surface area contributed by atoms with Crippen molar-refractivity contribution in [3.63, 3.8) is 0 Å². The van der Waals surface area contributed by atoms with Crippen LogP contribution in [0, 0.1) is 0 Å². The molecule has 1 N–H and O–H groups in total.